The lowest BCUT2D eigenvalue weighted by Crippen LogP contribution is -2.15. The molecule has 2 heteroatoms. The molecule has 0 spiro atoms. The van der Waals surface area contributed by atoms with Crippen LogP contribution < -0.4 is 0 Å². The quantitative estimate of drug-likeness (QED) is 0.585. The zero-order valence-corrected chi connectivity index (χ0v) is 10.3. The third-order valence-electron chi connectivity index (χ3n) is 2.52. The van der Waals surface area contributed by atoms with Crippen molar-refractivity contribution < 1.29 is 9.59 Å². The fourth-order valence-corrected chi connectivity index (χ4v) is 1.52. The molecule has 0 aromatic carbocycles. The van der Waals surface area contributed by atoms with E-state index in [0.29, 0.717) is 19.3 Å². The Bertz CT molecular complexity index is 197. The lowest BCUT2D eigenvalue weighted by atomic mass is 9.91. The lowest BCUT2D eigenvalue weighted by molar-refractivity contribution is -0.123. The molecule has 0 amide bonds. The van der Waals surface area contributed by atoms with E-state index in [4.69, 9.17) is 0 Å². The Morgan fingerprint density at radius 3 is 2.07 bits per heavy atom. The van der Waals surface area contributed by atoms with Crippen LogP contribution in [0.25, 0.3) is 0 Å². The van der Waals surface area contributed by atoms with Gasteiger partial charge in [-0.1, -0.05) is 27.2 Å². The number of ketones is 2. The molecule has 0 unspecified atom stereocenters. The summed E-state index contributed by atoms with van der Waals surface area (Å²) >= 11 is 0. The van der Waals surface area contributed by atoms with Gasteiger partial charge in [0.1, 0.15) is 11.6 Å². The summed E-state index contributed by atoms with van der Waals surface area (Å²) in [5.41, 5.74) is 0. The predicted molar refractivity (Wildman–Crippen MR) is 62.6 cm³/mol. The van der Waals surface area contributed by atoms with E-state index in [9.17, 15) is 9.59 Å². The molecule has 0 bridgehead atoms. The standard InChI is InChI=1S/C13H23O2/c1-4-7-9-12(14)10-11(6-3)13(15)8-5-2/h4-10H2,1-3H3. The van der Waals surface area contributed by atoms with Crippen LogP contribution in [-0.4, -0.2) is 11.6 Å². The first kappa shape index (κ1) is 14.3. The number of hydrogen-bond donors (Lipinski definition) is 0. The predicted octanol–water partition coefficient (Wildman–Crippen LogP) is 3.49. The molecule has 2 nitrogen and oxygen atoms in total. The molecule has 0 aliphatic carbocycles. The largest absolute Gasteiger partial charge is 0.300 e. The Kier molecular flexibility index (Phi) is 8.25. The van der Waals surface area contributed by atoms with Crippen LogP contribution in [0.1, 0.15) is 65.7 Å². The van der Waals surface area contributed by atoms with Gasteiger partial charge in [0.2, 0.25) is 0 Å². The van der Waals surface area contributed by atoms with Crippen molar-refractivity contribution in [2.45, 2.75) is 65.7 Å². The molecule has 0 aliphatic rings. The maximum absolute atomic E-state index is 11.6. The SMILES string of the molecule is CCCCC(=O)C[C](CC)C(=O)CCC. The molecular weight excluding hydrogens is 188 g/mol. The summed E-state index contributed by atoms with van der Waals surface area (Å²) in [6, 6.07) is 0. The van der Waals surface area contributed by atoms with Crippen molar-refractivity contribution in [2.75, 3.05) is 0 Å². The van der Waals surface area contributed by atoms with E-state index in [2.05, 4.69) is 6.92 Å². The van der Waals surface area contributed by atoms with Crippen molar-refractivity contribution >= 4 is 11.6 Å². The first-order valence-electron chi connectivity index (χ1n) is 6.05. The van der Waals surface area contributed by atoms with E-state index in [1.165, 1.54) is 0 Å². The van der Waals surface area contributed by atoms with Gasteiger partial charge in [0.05, 0.1) is 0 Å². The fraction of sp³-hybridized carbons (Fsp3) is 0.769. The van der Waals surface area contributed by atoms with Gasteiger partial charge in [0, 0.05) is 25.2 Å². The normalized spacial score (nSPS) is 10.7. The van der Waals surface area contributed by atoms with Crippen molar-refractivity contribution in [2.24, 2.45) is 0 Å². The van der Waals surface area contributed by atoms with Crippen molar-refractivity contribution in [3.05, 3.63) is 5.92 Å². The van der Waals surface area contributed by atoms with Crippen LogP contribution in [0.15, 0.2) is 0 Å². The molecule has 0 rings (SSSR count). The van der Waals surface area contributed by atoms with Crippen LogP contribution in [0, 0.1) is 5.92 Å². The van der Waals surface area contributed by atoms with Gasteiger partial charge in [-0.15, -0.1) is 0 Å². The van der Waals surface area contributed by atoms with Gasteiger partial charge in [0.25, 0.3) is 0 Å². The molecule has 0 saturated heterocycles. The van der Waals surface area contributed by atoms with Crippen LogP contribution in [-0.2, 0) is 9.59 Å². The monoisotopic (exact) mass is 211 g/mol. The average Bonchev–Trinajstić information content (AvgIpc) is 2.23. The molecule has 0 aromatic heterocycles. The van der Waals surface area contributed by atoms with E-state index < -0.39 is 0 Å². The highest BCUT2D eigenvalue weighted by Gasteiger charge is 2.19. The molecule has 0 aromatic rings. The number of unbranched alkanes of at least 4 members (excludes halogenated alkanes) is 1. The highest BCUT2D eigenvalue weighted by molar-refractivity contribution is 5.97. The zero-order chi connectivity index (χ0) is 11.7. The molecule has 0 saturated carbocycles. The summed E-state index contributed by atoms with van der Waals surface area (Å²) in [7, 11) is 0. The number of carbonyl (C=O) groups excluding carboxylic acids is 2. The Morgan fingerprint density at radius 2 is 1.60 bits per heavy atom. The van der Waals surface area contributed by atoms with Crippen LogP contribution in [0.3, 0.4) is 0 Å². The molecule has 0 N–H and O–H groups in total. The van der Waals surface area contributed by atoms with E-state index in [1.807, 2.05) is 13.8 Å². The van der Waals surface area contributed by atoms with Gasteiger partial charge < -0.3 is 0 Å². The second kappa shape index (κ2) is 8.63. The summed E-state index contributed by atoms with van der Waals surface area (Å²) in [4.78, 5) is 23.1. The van der Waals surface area contributed by atoms with E-state index in [-0.39, 0.29) is 11.6 Å². The number of hydrogen-bond acceptors (Lipinski definition) is 2. The van der Waals surface area contributed by atoms with E-state index in [1.54, 1.807) is 0 Å². The van der Waals surface area contributed by atoms with Crippen molar-refractivity contribution in [1.29, 1.82) is 0 Å². The first-order chi connectivity index (χ1) is 7.15. The first-order valence-corrected chi connectivity index (χ1v) is 6.05. The fourth-order valence-electron chi connectivity index (χ4n) is 1.52. The average molecular weight is 211 g/mol. The highest BCUT2D eigenvalue weighted by Crippen LogP contribution is 2.17. The molecule has 0 heterocycles. The Balaban J connectivity index is 3.97. The van der Waals surface area contributed by atoms with Gasteiger partial charge in [-0.25, -0.2) is 0 Å². The maximum atomic E-state index is 11.6. The molecule has 0 aliphatic heterocycles. The van der Waals surface area contributed by atoms with Crippen molar-refractivity contribution in [3.63, 3.8) is 0 Å². The zero-order valence-electron chi connectivity index (χ0n) is 10.3. The van der Waals surface area contributed by atoms with Gasteiger partial charge in [-0.2, -0.15) is 0 Å². The lowest BCUT2D eigenvalue weighted by Gasteiger charge is -2.11. The second-order valence-corrected chi connectivity index (χ2v) is 3.95. The summed E-state index contributed by atoms with van der Waals surface area (Å²) in [5.74, 6) is 1.22. The minimum atomic E-state index is 0.185. The summed E-state index contributed by atoms with van der Waals surface area (Å²) in [6.07, 6.45) is 5.16. The minimum absolute atomic E-state index is 0.185. The smallest absolute Gasteiger partial charge is 0.140 e. The van der Waals surface area contributed by atoms with Crippen LogP contribution in [0.5, 0.6) is 0 Å². The minimum Gasteiger partial charge on any atom is -0.300 e. The number of rotatable bonds is 9. The van der Waals surface area contributed by atoms with Gasteiger partial charge in [-0.05, 0) is 19.3 Å². The highest BCUT2D eigenvalue weighted by atomic mass is 16.1. The third kappa shape index (κ3) is 6.43. The molecule has 1 radical (unpaired) electrons. The molecule has 0 atom stereocenters. The third-order valence-corrected chi connectivity index (χ3v) is 2.52. The van der Waals surface area contributed by atoms with Gasteiger partial charge in [-0.3, -0.25) is 9.59 Å². The second-order valence-electron chi connectivity index (χ2n) is 3.95. The maximum Gasteiger partial charge on any atom is 0.140 e. The Hall–Kier alpha value is -0.660. The molecule has 0 fully saturated rings. The van der Waals surface area contributed by atoms with Crippen LogP contribution >= 0.6 is 0 Å². The van der Waals surface area contributed by atoms with E-state index >= 15 is 0 Å². The van der Waals surface area contributed by atoms with E-state index in [0.717, 1.165) is 31.6 Å². The Morgan fingerprint density at radius 1 is 0.933 bits per heavy atom. The summed E-state index contributed by atoms with van der Waals surface area (Å²) < 4.78 is 0. The molecule has 15 heavy (non-hydrogen) atoms. The Labute approximate surface area is 93.4 Å². The summed E-state index contributed by atoms with van der Waals surface area (Å²) in [5, 5.41) is 0. The number of Topliss-reactive ketones (excluding diaryl/α,β-unsaturated/α-hetero) is 2. The number of carbonyl (C=O) groups is 2. The molecular formula is C13H23O2. The van der Waals surface area contributed by atoms with Gasteiger partial charge >= 0.3 is 0 Å². The van der Waals surface area contributed by atoms with Crippen LogP contribution in [0.2, 0.25) is 0 Å². The topological polar surface area (TPSA) is 34.1 Å². The van der Waals surface area contributed by atoms with Crippen molar-refractivity contribution in [3.8, 4) is 0 Å². The van der Waals surface area contributed by atoms with Gasteiger partial charge in [0.15, 0.2) is 0 Å². The molecule has 87 valence electrons. The van der Waals surface area contributed by atoms with Crippen LogP contribution in [0.4, 0.5) is 0 Å². The van der Waals surface area contributed by atoms with Crippen molar-refractivity contribution in [1.82, 2.24) is 0 Å². The summed E-state index contributed by atoms with van der Waals surface area (Å²) in [6.45, 7) is 6.01.